The Bertz CT molecular complexity index is 510. The van der Waals surface area contributed by atoms with Crippen LogP contribution < -0.4 is 5.14 Å². The van der Waals surface area contributed by atoms with E-state index in [4.69, 9.17) is 5.14 Å². The van der Waals surface area contributed by atoms with Crippen LogP contribution in [0.3, 0.4) is 0 Å². The molecule has 0 atom stereocenters. The van der Waals surface area contributed by atoms with Crippen molar-refractivity contribution in [2.24, 2.45) is 5.14 Å². The molecule has 1 heterocycles. The number of rotatable bonds is 6. The molecule has 96 valence electrons. The Morgan fingerprint density at radius 2 is 2.29 bits per heavy atom. The van der Waals surface area contributed by atoms with Crippen molar-refractivity contribution in [1.82, 2.24) is 9.78 Å². The van der Waals surface area contributed by atoms with E-state index in [1.54, 1.807) is 11.8 Å². The molecule has 0 aliphatic rings. The second-order valence-corrected chi connectivity index (χ2v) is 6.00. The first-order valence-corrected chi connectivity index (χ1v) is 7.38. The molecule has 17 heavy (non-hydrogen) atoms. The molecule has 10 heteroatoms. The van der Waals surface area contributed by atoms with Crippen molar-refractivity contribution in [3.63, 3.8) is 0 Å². The first-order valence-electron chi connectivity index (χ1n) is 4.68. The van der Waals surface area contributed by atoms with Gasteiger partial charge in [-0.15, -0.1) is 0 Å². The zero-order valence-corrected chi connectivity index (χ0v) is 10.7. The summed E-state index contributed by atoms with van der Waals surface area (Å²) in [4.78, 5) is 9.21. The molecule has 1 rings (SSSR count). The molecule has 0 aliphatic carbocycles. The van der Waals surface area contributed by atoms with Crippen LogP contribution in [0.5, 0.6) is 0 Å². The van der Waals surface area contributed by atoms with Crippen LogP contribution in [0.4, 0.5) is 5.82 Å². The molecule has 1 aromatic heterocycles. The SMILES string of the molecule is CCSCCn1cc(S(N)(=O)=O)c([N+](=O)[O-])n1. The monoisotopic (exact) mass is 280 g/mol. The van der Waals surface area contributed by atoms with Crippen LogP contribution >= 0.6 is 11.8 Å². The maximum absolute atomic E-state index is 11.1. The normalized spacial score (nSPS) is 11.6. The molecular formula is C7H12N4O4S2. The molecule has 0 radical (unpaired) electrons. The van der Waals surface area contributed by atoms with Gasteiger partial charge in [0.1, 0.15) is 0 Å². The van der Waals surface area contributed by atoms with E-state index in [9.17, 15) is 18.5 Å². The molecule has 0 amide bonds. The Hall–Kier alpha value is -1.13. The van der Waals surface area contributed by atoms with Crippen LogP contribution in [0.2, 0.25) is 0 Å². The molecule has 0 aromatic carbocycles. The number of nitro groups is 1. The molecular weight excluding hydrogens is 268 g/mol. The van der Waals surface area contributed by atoms with Gasteiger partial charge < -0.3 is 10.1 Å². The number of primary sulfonamides is 1. The van der Waals surface area contributed by atoms with E-state index in [0.29, 0.717) is 12.3 Å². The van der Waals surface area contributed by atoms with Crippen molar-refractivity contribution in [3.05, 3.63) is 16.3 Å². The first-order chi connectivity index (χ1) is 7.86. The lowest BCUT2D eigenvalue weighted by Crippen LogP contribution is -2.13. The van der Waals surface area contributed by atoms with Crippen LogP contribution in [0.25, 0.3) is 0 Å². The van der Waals surface area contributed by atoms with Gasteiger partial charge in [-0.25, -0.2) is 13.6 Å². The van der Waals surface area contributed by atoms with Gasteiger partial charge in [-0.3, -0.25) is 0 Å². The summed E-state index contributed by atoms with van der Waals surface area (Å²) in [7, 11) is -4.12. The average Bonchev–Trinajstić information content (AvgIpc) is 2.62. The minimum Gasteiger partial charge on any atom is -0.358 e. The summed E-state index contributed by atoms with van der Waals surface area (Å²) in [5.41, 5.74) is 0. The van der Waals surface area contributed by atoms with E-state index in [1.165, 1.54) is 4.68 Å². The number of sulfonamides is 1. The summed E-state index contributed by atoms with van der Waals surface area (Å²) in [5.74, 6) is 0.874. The highest BCUT2D eigenvalue weighted by atomic mass is 32.2. The highest BCUT2D eigenvalue weighted by Gasteiger charge is 2.28. The van der Waals surface area contributed by atoms with Crippen molar-refractivity contribution in [2.45, 2.75) is 18.4 Å². The third kappa shape index (κ3) is 3.68. The summed E-state index contributed by atoms with van der Waals surface area (Å²) in [6.07, 6.45) is 1.09. The zero-order valence-electron chi connectivity index (χ0n) is 9.07. The van der Waals surface area contributed by atoms with Gasteiger partial charge in [-0.05, 0) is 10.7 Å². The minimum absolute atomic E-state index is 0.398. The van der Waals surface area contributed by atoms with Gasteiger partial charge in [0.15, 0.2) is 0 Å². The van der Waals surface area contributed by atoms with Crippen molar-refractivity contribution in [3.8, 4) is 0 Å². The van der Waals surface area contributed by atoms with Crippen molar-refractivity contribution in [2.75, 3.05) is 11.5 Å². The van der Waals surface area contributed by atoms with Crippen molar-refractivity contribution >= 4 is 27.6 Å². The molecule has 8 nitrogen and oxygen atoms in total. The highest BCUT2D eigenvalue weighted by Crippen LogP contribution is 2.20. The first kappa shape index (κ1) is 13.9. The Balaban J connectivity index is 3.01. The standard InChI is InChI=1S/C7H12N4O4S2/c1-2-16-4-3-10-5-6(17(8,14)15)7(9-10)11(12)13/h5H,2-4H2,1H3,(H2,8,14,15). The molecule has 0 saturated heterocycles. The lowest BCUT2D eigenvalue weighted by Gasteiger charge is -1.94. The summed E-state index contributed by atoms with van der Waals surface area (Å²) in [5, 5.41) is 19.1. The zero-order chi connectivity index (χ0) is 13.1. The Kier molecular flexibility index (Phi) is 4.48. The van der Waals surface area contributed by atoms with Crippen LogP contribution in [0.15, 0.2) is 11.1 Å². The molecule has 0 bridgehead atoms. The fourth-order valence-electron chi connectivity index (χ4n) is 1.14. The molecule has 1 aromatic rings. The fraction of sp³-hybridized carbons (Fsp3) is 0.571. The van der Waals surface area contributed by atoms with Crippen LogP contribution in [-0.2, 0) is 16.6 Å². The molecule has 0 spiro atoms. The lowest BCUT2D eigenvalue weighted by atomic mass is 10.6. The predicted octanol–water partition coefficient (Wildman–Crippen LogP) is 0.192. The van der Waals surface area contributed by atoms with Crippen LogP contribution in [0.1, 0.15) is 6.92 Å². The highest BCUT2D eigenvalue weighted by molar-refractivity contribution is 7.99. The number of aromatic nitrogens is 2. The van der Waals surface area contributed by atoms with Gasteiger partial charge >= 0.3 is 5.82 Å². The number of nitrogens with zero attached hydrogens (tertiary/aromatic N) is 3. The van der Waals surface area contributed by atoms with Gasteiger partial charge in [-0.1, -0.05) is 6.92 Å². The van der Waals surface area contributed by atoms with E-state index in [0.717, 1.165) is 11.9 Å². The summed E-state index contributed by atoms with van der Waals surface area (Å²) < 4.78 is 23.5. The third-order valence-electron chi connectivity index (χ3n) is 1.86. The van der Waals surface area contributed by atoms with E-state index in [-0.39, 0.29) is 0 Å². The topological polar surface area (TPSA) is 121 Å². The number of thioether (sulfide) groups is 1. The number of aryl methyl sites for hydroxylation is 1. The van der Waals surface area contributed by atoms with E-state index < -0.39 is 25.7 Å². The second kappa shape index (κ2) is 5.47. The Labute approximate surface area is 102 Å². The largest absolute Gasteiger partial charge is 0.410 e. The Morgan fingerprint density at radius 3 is 2.71 bits per heavy atom. The summed E-state index contributed by atoms with van der Waals surface area (Å²) in [6, 6.07) is 0. The fourth-order valence-corrected chi connectivity index (χ4v) is 2.38. The van der Waals surface area contributed by atoms with Gasteiger partial charge in [-0.2, -0.15) is 16.4 Å². The smallest absolute Gasteiger partial charge is 0.358 e. The predicted molar refractivity (Wildman–Crippen MR) is 63.3 cm³/mol. The van der Waals surface area contributed by atoms with Crippen molar-refractivity contribution in [1.29, 1.82) is 0 Å². The number of nitrogens with two attached hydrogens (primary N) is 1. The number of hydrogen-bond acceptors (Lipinski definition) is 6. The van der Waals surface area contributed by atoms with E-state index >= 15 is 0 Å². The minimum atomic E-state index is -4.12. The molecule has 0 fully saturated rings. The quantitative estimate of drug-likeness (QED) is 0.451. The summed E-state index contributed by atoms with van der Waals surface area (Å²) in [6.45, 7) is 2.38. The number of hydrogen-bond donors (Lipinski definition) is 1. The molecule has 0 aliphatic heterocycles. The van der Waals surface area contributed by atoms with Crippen LogP contribution in [-0.4, -0.2) is 34.6 Å². The van der Waals surface area contributed by atoms with Crippen molar-refractivity contribution < 1.29 is 13.3 Å². The van der Waals surface area contributed by atoms with Gasteiger partial charge in [0.05, 0.1) is 17.8 Å². The molecule has 0 saturated carbocycles. The van der Waals surface area contributed by atoms with E-state index in [2.05, 4.69) is 5.10 Å². The Morgan fingerprint density at radius 1 is 1.65 bits per heavy atom. The lowest BCUT2D eigenvalue weighted by molar-refractivity contribution is -0.392. The second-order valence-electron chi connectivity index (χ2n) is 3.08. The van der Waals surface area contributed by atoms with Gasteiger partial charge in [0.25, 0.3) is 0 Å². The van der Waals surface area contributed by atoms with Gasteiger partial charge in [0, 0.05) is 5.75 Å². The van der Waals surface area contributed by atoms with Gasteiger partial charge in [0.2, 0.25) is 14.9 Å². The maximum Gasteiger partial charge on any atom is 0.410 e. The third-order valence-corrected chi connectivity index (χ3v) is 3.64. The molecule has 2 N–H and O–H groups in total. The summed E-state index contributed by atoms with van der Waals surface area (Å²) >= 11 is 1.62. The van der Waals surface area contributed by atoms with E-state index in [1.807, 2.05) is 6.92 Å². The van der Waals surface area contributed by atoms with Crippen LogP contribution in [0, 0.1) is 10.1 Å². The average molecular weight is 280 g/mol. The molecule has 0 unspecified atom stereocenters. The maximum atomic E-state index is 11.1.